The molecule has 0 aliphatic rings. The largest absolute Gasteiger partial charge is 0.355 e. The number of aryl methyl sites for hydroxylation is 1. The number of nitrogens with two attached hydrogens (primary N) is 1. The molecular weight excluding hydrogens is 178 g/mol. The number of nitrogens with zero attached hydrogens (tertiary/aromatic N) is 3. The van der Waals surface area contributed by atoms with Gasteiger partial charge in [0.15, 0.2) is 0 Å². The topological polar surface area (TPSA) is 68.2 Å². The molecule has 0 aliphatic heterocycles. The summed E-state index contributed by atoms with van der Waals surface area (Å²) in [5.41, 5.74) is 6.61. The fourth-order valence-electron chi connectivity index (χ4n) is 1.14. The first-order chi connectivity index (χ1) is 6.63. The van der Waals surface area contributed by atoms with Crippen LogP contribution >= 0.6 is 0 Å². The lowest BCUT2D eigenvalue weighted by molar-refractivity contribution is 0.696. The smallest absolute Gasteiger partial charge is 0.132 e. The summed E-state index contributed by atoms with van der Waals surface area (Å²) in [4.78, 5) is 4.32. The van der Waals surface area contributed by atoms with Gasteiger partial charge in [-0.1, -0.05) is 0 Å². The summed E-state index contributed by atoms with van der Waals surface area (Å²) in [6.45, 7) is 4.59. The van der Waals surface area contributed by atoms with Gasteiger partial charge in [-0.2, -0.15) is 5.10 Å². The van der Waals surface area contributed by atoms with Crippen LogP contribution in [-0.4, -0.2) is 28.3 Å². The molecule has 1 heterocycles. The van der Waals surface area contributed by atoms with Gasteiger partial charge in [0.25, 0.3) is 0 Å². The third-order valence-corrected chi connectivity index (χ3v) is 1.66. The minimum atomic E-state index is -0.111. The van der Waals surface area contributed by atoms with E-state index in [1.165, 1.54) is 0 Å². The minimum Gasteiger partial charge on any atom is -0.355 e. The van der Waals surface area contributed by atoms with Crippen LogP contribution in [0.15, 0.2) is 17.4 Å². The van der Waals surface area contributed by atoms with Crippen molar-refractivity contribution in [3.05, 3.63) is 18.0 Å². The molecule has 78 valence electrons. The molecule has 0 aliphatic carbocycles. The van der Waals surface area contributed by atoms with Crippen molar-refractivity contribution in [2.75, 3.05) is 6.54 Å². The van der Waals surface area contributed by atoms with Crippen molar-refractivity contribution >= 4 is 5.84 Å². The minimum absolute atomic E-state index is 0.111. The zero-order chi connectivity index (χ0) is 10.6. The first-order valence-electron chi connectivity index (χ1n) is 4.69. The van der Waals surface area contributed by atoms with Crippen LogP contribution in [0, 0.1) is 0 Å². The molecule has 5 heteroatoms. The normalized spacial score (nSPS) is 14.1. The Balaban J connectivity index is 2.83. The van der Waals surface area contributed by atoms with Crippen molar-refractivity contribution in [2.24, 2.45) is 17.8 Å². The average molecular weight is 195 g/mol. The highest BCUT2D eigenvalue weighted by Crippen LogP contribution is 1.97. The number of hydrogen-bond acceptors (Lipinski definition) is 3. The number of nitrogens with one attached hydrogen (secondary N) is 1. The molecule has 0 saturated carbocycles. The lowest BCUT2D eigenvalue weighted by Gasteiger charge is -2.11. The Morgan fingerprint density at radius 2 is 2.50 bits per heavy atom. The highest BCUT2D eigenvalue weighted by molar-refractivity contribution is 5.98. The van der Waals surface area contributed by atoms with E-state index >= 15 is 0 Å². The van der Waals surface area contributed by atoms with E-state index in [4.69, 9.17) is 5.73 Å². The lowest BCUT2D eigenvalue weighted by Crippen LogP contribution is -2.39. The van der Waals surface area contributed by atoms with Gasteiger partial charge in [-0.05, 0) is 13.8 Å². The van der Waals surface area contributed by atoms with Crippen molar-refractivity contribution in [3.63, 3.8) is 0 Å². The van der Waals surface area contributed by atoms with Gasteiger partial charge >= 0.3 is 0 Å². The van der Waals surface area contributed by atoms with Crippen LogP contribution in [-0.2, 0) is 7.05 Å². The van der Waals surface area contributed by atoms with Crippen LogP contribution in [0.3, 0.4) is 0 Å². The molecular formula is C9H17N5. The van der Waals surface area contributed by atoms with Gasteiger partial charge in [0.2, 0.25) is 0 Å². The number of hydrogen-bond donors (Lipinski definition) is 2. The predicted octanol–water partition coefficient (Wildman–Crippen LogP) is 0.0809. The maximum absolute atomic E-state index is 5.65. The number of aliphatic imine (C=N–C) groups is 1. The molecule has 0 saturated heterocycles. The van der Waals surface area contributed by atoms with E-state index in [2.05, 4.69) is 15.4 Å². The van der Waals surface area contributed by atoms with Crippen LogP contribution in [0.4, 0.5) is 0 Å². The van der Waals surface area contributed by atoms with Gasteiger partial charge in [0.05, 0.1) is 17.9 Å². The highest BCUT2D eigenvalue weighted by Gasteiger charge is 2.06. The molecule has 1 atom stereocenters. The maximum atomic E-state index is 5.65. The van der Waals surface area contributed by atoms with Gasteiger partial charge in [0, 0.05) is 19.8 Å². The quantitative estimate of drug-likeness (QED) is 0.408. The van der Waals surface area contributed by atoms with E-state index in [9.17, 15) is 0 Å². The molecule has 0 fully saturated rings. The van der Waals surface area contributed by atoms with Crippen LogP contribution < -0.4 is 11.1 Å². The summed E-state index contributed by atoms with van der Waals surface area (Å²) in [5, 5.41) is 7.17. The Morgan fingerprint density at radius 1 is 1.79 bits per heavy atom. The van der Waals surface area contributed by atoms with Crippen LogP contribution in [0.5, 0.6) is 0 Å². The molecule has 0 bridgehead atoms. The molecule has 1 aromatic heterocycles. The summed E-state index contributed by atoms with van der Waals surface area (Å²) < 4.78 is 1.74. The lowest BCUT2D eigenvalue weighted by atomic mass is 10.3. The fraction of sp³-hybridized carbons (Fsp3) is 0.556. The summed E-state index contributed by atoms with van der Waals surface area (Å²) in [7, 11) is 1.87. The Labute approximate surface area is 84.0 Å². The Hall–Kier alpha value is -1.36. The molecule has 1 unspecified atom stereocenters. The van der Waals surface area contributed by atoms with Gasteiger partial charge in [-0.15, -0.1) is 0 Å². The second kappa shape index (κ2) is 4.76. The molecule has 0 aromatic carbocycles. The molecule has 0 spiro atoms. The van der Waals surface area contributed by atoms with Crippen LogP contribution in [0.25, 0.3) is 0 Å². The van der Waals surface area contributed by atoms with Crippen molar-refractivity contribution in [3.8, 4) is 0 Å². The van der Waals surface area contributed by atoms with E-state index < -0.39 is 0 Å². The Kier molecular flexibility index (Phi) is 3.64. The summed E-state index contributed by atoms with van der Waals surface area (Å²) in [6, 6.07) is 0. The van der Waals surface area contributed by atoms with E-state index in [0.717, 1.165) is 17.9 Å². The van der Waals surface area contributed by atoms with Crippen LogP contribution in [0.1, 0.15) is 19.4 Å². The van der Waals surface area contributed by atoms with E-state index in [0.29, 0.717) is 0 Å². The Morgan fingerprint density at radius 3 is 2.93 bits per heavy atom. The second-order valence-corrected chi connectivity index (χ2v) is 3.16. The molecule has 0 radical (unpaired) electrons. The zero-order valence-corrected chi connectivity index (χ0v) is 8.86. The van der Waals surface area contributed by atoms with E-state index in [1.54, 1.807) is 10.9 Å². The van der Waals surface area contributed by atoms with E-state index in [-0.39, 0.29) is 6.17 Å². The van der Waals surface area contributed by atoms with Crippen molar-refractivity contribution in [2.45, 2.75) is 20.0 Å². The summed E-state index contributed by atoms with van der Waals surface area (Å²) >= 11 is 0. The highest BCUT2D eigenvalue weighted by atomic mass is 15.2. The third kappa shape index (κ3) is 2.85. The molecule has 14 heavy (non-hydrogen) atoms. The Bertz CT molecular complexity index is 313. The van der Waals surface area contributed by atoms with Crippen LogP contribution in [0.2, 0.25) is 0 Å². The van der Waals surface area contributed by atoms with Crippen molar-refractivity contribution in [1.29, 1.82) is 0 Å². The average Bonchev–Trinajstić information content (AvgIpc) is 2.50. The monoisotopic (exact) mass is 195 g/mol. The maximum Gasteiger partial charge on any atom is 0.132 e. The second-order valence-electron chi connectivity index (χ2n) is 3.16. The standard InChI is InChI=1S/C9H17N5/c1-4-11-9(13-7(2)10)8-5-12-14(3)6-8/h5-7H,4,10H2,1-3H3,(H,11,13). The molecule has 3 N–H and O–H groups in total. The SMILES string of the molecule is CCN=C(NC(C)N)c1cnn(C)c1. The van der Waals surface area contributed by atoms with Gasteiger partial charge in [-0.3, -0.25) is 9.67 Å². The van der Waals surface area contributed by atoms with Crippen molar-refractivity contribution in [1.82, 2.24) is 15.1 Å². The summed E-state index contributed by atoms with van der Waals surface area (Å²) in [6.07, 6.45) is 3.56. The molecule has 1 aromatic rings. The third-order valence-electron chi connectivity index (χ3n) is 1.66. The molecule has 1 rings (SSSR count). The predicted molar refractivity (Wildman–Crippen MR) is 57.1 cm³/mol. The molecule has 5 nitrogen and oxygen atoms in total. The first-order valence-corrected chi connectivity index (χ1v) is 4.69. The first kappa shape index (κ1) is 10.7. The zero-order valence-electron chi connectivity index (χ0n) is 8.86. The number of aromatic nitrogens is 2. The fourth-order valence-corrected chi connectivity index (χ4v) is 1.14. The number of amidine groups is 1. The van der Waals surface area contributed by atoms with E-state index in [1.807, 2.05) is 27.1 Å². The number of rotatable bonds is 3. The molecule has 0 amide bonds. The van der Waals surface area contributed by atoms with Gasteiger partial charge in [0.1, 0.15) is 5.84 Å². The van der Waals surface area contributed by atoms with Crippen molar-refractivity contribution < 1.29 is 0 Å². The van der Waals surface area contributed by atoms with Gasteiger partial charge in [-0.25, -0.2) is 0 Å². The summed E-state index contributed by atoms with van der Waals surface area (Å²) in [5.74, 6) is 0.801. The van der Waals surface area contributed by atoms with Gasteiger partial charge < -0.3 is 11.1 Å².